The van der Waals surface area contributed by atoms with Crippen LogP contribution in [0.5, 0.6) is 5.75 Å². The molecule has 0 bridgehead atoms. The number of nitrogens with one attached hydrogen (secondary N) is 1. The molecule has 1 atom stereocenters. The number of thioether (sulfide) groups is 1. The van der Waals surface area contributed by atoms with Crippen molar-refractivity contribution in [1.82, 2.24) is 20.1 Å². The molecule has 1 saturated heterocycles. The summed E-state index contributed by atoms with van der Waals surface area (Å²) in [4.78, 5) is 35.6. The molecule has 1 aliphatic rings. The van der Waals surface area contributed by atoms with Crippen molar-refractivity contribution in [2.24, 2.45) is 4.99 Å². The number of aromatic nitrogens is 3. The standard InChI is InChI=1S/C31H26F3N7O3S/c1-3-4-21-6-5-19(2)15-26(21)41-27(42)17-45-30(41)38-29(43)37-25(16-35)20-7-9-22(10-8-20)28-36-18-40(39-28)23-11-13-24(14-12-23)44-31(32,33)34/h5-15,18,25H,3-4,17H2,1-2H3,(H,37,43)/b38-30-. The van der Waals surface area contributed by atoms with Crippen molar-refractivity contribution >= 4 is 34.6 Å². The Morgan fingerprint density at radius 2 is 1.89 bits per heavy atom. The van der Waals surface area contributed by atoms with E-state index in [1.807, 2.05) is 32.0 Å². The molecule has 4 aromatic rings. The van der Waals surface area contributed by atoms with Gasteiger partial charge in [-0.3, -0.25) is 9.69 Å². The molecule has 5 rings (SSSR count). The molecule has 1 N–H and O–H groups in total. The fourth-order valence-electron chi connectivity index (χ4n) is 4.62. The molecular formula is C31H26F3N7O3S. The average Bonchev–Trinajstić information content (AvgIpc) is 3.64. The van der Waals surface area contributed by atoms with Crippen LogP contribution < -0.4 is 15.0 Å². The molecule has 3 amide bonds. The number of benzene rings is 3. The van der Waals surface area contributed by atoms with Crippen LogP contribution >= 0.6 is 11.8 Å². The Labute approximate surface area is 260 Å². The zero-order chi connectivity index (χ0) is 32.1. The van der Waals surface area contributed by atoms with Crippen LogP contribution in [-0.2, 0) is 11.2 Å². The maximum Gasteiger partial charge on any atom is 0.573 e. The number of carbonyl (C=O) groups is 2. The Bertz CT molecular complexity index is 1780. The Morgan fingerprint density at radius 3 is 2.56 bits per heavy atom. The van der Waals surface area contributed by atoms with E-state index in [4.69, 9.17) is 0 Å². The molecule has 1 unspecified atom stereocenters. The fraction of sp³-hybridized carbons (Fsp3) is 0.226. The van der Waals surface area contributed by atoms with Gasteiger partial charge in [-0.25, -0.2) is 14.5 Å². The van der Waals surface area contributed by atoms with Gasteiger partial charge in [-0.1, -0.05) is 61.5 Å². The summed E-state index contributed by atoms with van der Waals surface area (Å²) in [5.74, 6) is -0.0443. The minimum absolute atomic E-state index is 0.149. The van der Waals surface area contributed by atoms with Crippen molar-refractivity contribution in [2.45, 2.75) is 39.1 Å². The summed E-state index contributed by atoms with van der Waals surface area (Å²) in [6, 6.07) is 18.0. The molecule has 0 spiro atoms. The largest absolute Gasteiger partial charge is 0.573 e. The van der Waals surface area contributed by atoms with Crippen LogP contribution in [0.25, 0.3) is 17.1 Å². The van der Waals surface area contributed by atoms with Crippen LogP contribution in [-0.4, -0.2) is 44.0 Å². The summed E-state index contributed by atoms with van der Waals surface area (Å²) in [6.07, 6.45) is -1.72. The number of urea groups is 1. The van der Waals surface area contributed by atoms with Crippen LogP contribution in [0.1, 0.15) is 36.1 Å². The van der Waals surface area contributed by atoms with Crippen LogP contribution in [0.3, 0.4) is 0 Å². The van der Waals surface area contributed by atoms with Gasteiger partial charge in [0.15, 0.2) is 11.0 Å². The topological polar surface area (TPSA) is 126 Å². The molecule has 1 fully saturated rings. The number of carbonyl (C=O) groups excluding carboxylic acids is 2. The summed E-state index contributed by atoms with van der Waals surface area (Å²) in [5, 5.41) is 17.0. The first-order valence-electron chi connectivity index (χ1n) is 13.8. The predicted octanol–water partition coefficient (Wildman–Crippen LogP) is 6.50. The first kappa shape index (κ1) is 31.3. The van der Waals surface area contributed by atoms with E-state index in [-0.39, 0.29) is 22.6 Å². The van der Waals surface area contributed by atoms with Crippen molar-refractivity contribution in [3.8, 4) is 28.9 Å². The van der Waals surface area contributed by atoms with E-state index in [9.17, 15) is 28.0 Å². The van der Waals surface area contributed by atoms with Gasteiger partial charge < -0.3 is 10.1 Å². The zero-order valence-electron chi connectivity index (χ0n) is 24.1. The lowest BCUT2D eigenvalue weighted by Gasteiger charge is -2.20. The number of amides is 3. The van der Waals surface area contributed by atoms with Gasteiger partial charge in [-0.2, -0.15) is 10.3 Å². The first-order chi connectivity index (χ1) is 21.5. The number of hydrogen-bond donors (Lipinski definition) is 1. The lowest BCUT2D eigenvalue weighted by Crippen LogP contribution is -2.33. The summed E-state index contributed by atoms with van der Waals surface area (Å²) in [6.45, 7) is 3.98. The minimum Gasteiger partial charge on any atom is -0.406 e. The predicted molar refractivity (Wildman–Crippen MR) is 163 cm³/mol. The molecule has 14 heteroatoms. The van der Waals surface area contributed by atoms with Crippen molar-refractivity contribution in [2.75, 3.05) is 10.7 Å². The molecule has 0 radical (unpaired) electrons. The van der Waals surface area contributed by atoms with Crippen molar-refractivity contribution in [1.29, 1.82) is 5.26 Å². The summed E-state index contributed by atoms with van der Waals surface area (Å²) >= 11 is 1.16. The van der Waals surface area contributed by atoms with Crippen molar-refractivity contribution in [3.05, 3.63) is 89.7 Å². The first-order valence-corrected chi connectivity index (χ1v) is 14.8. The van der Waals surface area contributed by atoms with E-state index >= 15 is 0 Å². The summed E-state index contributed by atoms with van der Waals surface area (Å²) < 4.78 is 42.6. The highest BCUT2D eigenvalue weighted by molar-refractivity contribution is 8.15. The molecule has 3 aromatic carbocycles. The second-order valence-electron chi connectivity index (χ2n) is 9.98. The molecule has 230 valence electrons. The van der Waals surface area contributed by atoms with E-state index in [0.29, 0.717) is 28.3 Å². The molecule has 45 heavy (non-hydrogen) atoms. The number of anilines is 1. The average molecular weight is 634 g/mol. The zero-order valence-corrected chi connectivity index (χ0v) is 24.9. The lowest BCUT2D eigenvalue weighted by molar-refractivity contribution is -0.274. The number of hydrogen-bond acceptors (Lipinski definition) is 7. The molecular weight excluding hydrogens is 607 g/mol. The maximum atomic E-state index is 12.9. The third-order valence-electron chi connectivity index (χ3n) is 6.69. The quantitative estimate of drug-likeness (QED) is 0.235. The number of halogens is 3. The third-order valence-corrected chi connectivity index (χ3v) is 7.61. The molecule has 1 aromatic heterocycles. The van der Waals surface area contributed by atoms with Gasteiger partial charge in [-0.15, -0.1) is 18.3 Å². The van der Waals surface area contributed by atoms with Gasteiger partial charge >= 0.3 is 12.4 Å². The van der Waals surface area contributed by atoms with E-state index in [2.05, 4.69) is 31.2 Å². The number of aryl methyl sites for hydroxylation is 2. The van der Waals surface area contributed by atoms with Crippen LogP contribution in [0.15, 0.2) is 78.0 Å². The second-order valence-corrected chi connectivity index (χ2v) is 10.9. The van der Waals surface area contributed by atoms with Crippen LogP contribution in [0.2, 0.25) is 0 Å². The van der Waals surface area contributed by atoms with E-state index in [1.165, 1.54) is 40.2 Å². The van der Waals surface area contributed by atoms with E-state index in [0.717, 1.165) is 35.7 Å². The monoisotopic (exact) mass is 633 g/mol. The van der Waals surface area contributed by atoms with E-state index < -0.39 is 18.4 Å². The third kappa shape index (κ3) is 7.50. The Balaban J connectivity index is 1.28. The van der Waals surface area contributed by atoms with Gasteiger partial charge in [0, 0.05) is 5.56 Å². The van der Waals surface area contributed by atoms with E-state index in [1.54, 1.807) is 24.3 Å². The highest BCUT2D eigenvalue weighted by Gasteiger charge is 2.32. The van der Waals surface area contributed by atoms with Gasteiger partial charge in [0.1, 0.15) is 18.1 Å². The van der Waals surface area contributed by atoms with Gasteiger partial charge in [0.25, 0.3) is 0 Å². The van der Waals surface area contributed by atoms with Crippen molar-refractivity contribution in [3.63, 3.8) is 0 Å². The number of nitrogens with zero attached hydrogens (tertiary/aromatic N) is 6. The van der Waals surface area contributed by atoms with Gasteiger partial charge in [0.05, 0.1) is 23.2 Å². The number of alkyl halides is 3. The van der Waals surface area contributed by atoms with Crippen LogP contribution in [0, 0.1) is 18.3 Å². The maximum absolute atomic E-state index is 12.9. The van der Waals surface area contributed by atoms with Crippen molar-refractivity contribution < 1.29 is 27.5 Å². The molecule has 0 saturated carbocycles. The number of nitriles is 1. The number of ether oxygens (including phenoxy) is 1. The fourth-order valence-corrected chi connectivity index (χ4v) is 5.48. The Morgan fingerprint density at radius 1 is 1.16 bits per heavy atom. The highest BCUT2D eigenvalue weighted by Crippen LogP contribution is 2.32. The Hall–Kier alpha value is -5.16. The lowest BCUT2D eigenvalue weighted by atomic mass is 10.0. The summed E-state index contributed by atoms with van der Waals surface area (Å²) in [5.41, 5.74) is 4.23. The highest BCUT2D eigenvalue weighted by atomic mass is 32.2. The molecule has 0 aliphatic carbocycles. The Kier molecular flexibility index (Phi) is 9.19. The summed E-state index contributed by atoms with van der Waals surface area (Å²) in [7, 11) is 0. The van der Waals surface area contributed by atoms with Gasteiger partial charge in [-0.05, 0) is 60.4 Å². The molecule has 1 aliphatic heterocycles. The number of aliphatic imine (C=N–C) groups is 1. The molecule has 2 heterocycles. The van der Waals surface area contributed by atoms with Crippen LogP contribution in [0.4, 0.5) is 23.7 Å². The van der Waals surface area contributed by atoms with Gasteiger partial charge in [0.2, 0.25) is 5.91 Å². The SMILES string of the molecule is CCCc1ccc(C)cc1N1C(=O)CS/C1=N\C(=O)NC(C#N)c1ccc(-c2ncn(-c3ccc(OC(F)(F)F)cc3)n2)cc1. The molecule has 10 nitrogen and oxygen atoms in total. The smallest absolute Gasteiger partial charge is 0.406 e. The normalized spacial score (nSPS) is 14.8. The number of amidine groups is 1. The minimum atomic E-state index is -4.79. The second kappa shape index (κ2) is 13.2. The number of rotatable bonds is 8.